The summed E-state index contributed by atoms with van der Waals surface area (Å²) in [5.41, 5.74) is 2.17. The zero-order valence-electron chi connectivity index (χ0n) is 7.88. The van der Waals surface area contributed by atoms with Gasteiger partial charge in [-0.15, -0.1) is 0 Å². The van der Waals surface area contributed by atoms with E-state index in [0.29, 0.717) is 6.42 Å². The van der Waals surface area contributed by atoms with Crippen LogP contribution >= 0.6 is 15.9 Å². The van der Waals surface area contributed by atoms with Crippen molar-refractivity contribution in [1.29, 1.82) is 0 Å². The zero-order chi connectivity index (χ0) is 9.84. The lowest BCUT2D eigenvalue weighted by molar-refractivity contribution is -0.107. The lowest BCUT2D eigenvalue weighted by Crippen LogP contribution is -1.98. The Bertz CT molecular complexity index is 307. The maximum absolute atomic E-state index is 10.1. The molecule has 0 aliphatic carbocycles. The summed E-state index contributed by atoms with van der Waals surface area (Å²) in [5.74, 6) is 0. The van der Waals surface area contributed by atoms with Crippen molar-refractivity contribution in [2.24, 2.45) is 7.05 Å². The van der Waals surface area contributed by atoms with Gasteiger partial charge in [-0.25, -0.2) is 0 Å². The van der Waals surface area contributed by atoms with Crippen LogP contribution in [0.1, 0.15) is 24.2 Å². The second-order valence-electron chi connectivity index (χ2n) is 3.03. The van der Waals surface area contributed by atoms with Crippen molar-refractivity contribution in [2.75, 3.05) is 0 Å². The fourth-order valence-corrected chi connectivity index (χ4v) is 1.84. The molecule has 0 atom stereocenters. The number of aryl methyl sites for hydroxylation is 2. The molecule has 0 saturated carbocycles. The van der Waals surface area contributed by atoms with Crippen LogP contribution in [0.3, 0.4) is 0 Å². The highest BCUT2D eigenvalue weighted by molar-refractivity contribution is 9.10. The van der Waals surface area contributed by atoms with E-state index in [-0.39, 0.29) is 0 Å². The van der Waals surface area contributed by atoms with Crippen molar-refractivity contribution in [1.82, 2.24) is 9.78 Å². The van der Waals surface area contributed by atoms with Crippen LogP contribution in [0, 0.1) is 6.92 Å². The first kappa shape index (κ1) is 10.4. The van der Waals surface area contributed by atoms with Gasteiger partial charge in [-0.1, -0.05) is 0 Å². The Labute approximate surface area is 86.3 Å². The van der Waals surface area contributed by atoms with Gasteiger partial charge in [0.25, 0.3) is 0 Å². The van der Waals surface area contributed by atoms with Crippen LogP contribution in [0.5, 0.6) is 0 Å². The molecular weight excluding hydrogens is 232 g/mol. The quantitative estimate of drug-likeness (QED) is 0.600. The van der Waals surface area contributed by atoms with Gasteiger partial charge in [0.1, 0.15) is 6.29 Å². The largest absolute Gasteiger partial charge is 0.303 e. The molecule has 13 heavy (non-hydrogen) atoms. The highest BCUT2D eigenvalue weighted by Crippen LogP contribution is 2.21. The Morgan fingerprint density at radius 1 is 1.62 bits per heavy atom. The number of halogens is 1. The predicted octanol–water partition coefficient (Wildman–Crippen LogP) is 2.01. The summed E-state index contributed by atoms with van der Waals surface area (Å²) in [6.07, 6.45) is 3.37. The van der Waals surface area contributed by atoms with E-state index >= 15 is 0 Å². The highest BCUT2D eigenvalue weighted by Gasteiger charge is 2.09. The van der Waals surface area contributed by atoms with Gasteiger partial charge in [-0.3, -0.25) is 4.68 Å². The van der Waals surface area contributed by atoms with E-state index in [1.54, 1.807) is 0 Å². The summed E-state index contributed by atoms with van der Waals surface area (Å²) in [6.45, 7) is 1.97. The Hall–Kier alpha value is -0.640. The molecule has 0 N–H and O–H groups in total. The lowest BCUT2D eigenvalue weighted by atomic mass is 10.2. The molecule has 3 nitrogen and oxygen atoms in total. The number of aromatic nitrogens is 2. The SMILES string of the molecule is Cc1nn(C)c(CCCC=O)c1Br. The number of nitrogens with zero attached hydrogens (tertiary/aromatic N) is 2. The molecule has 0 unspecified atom stereocenters. The van der Waals surface area contributed by atoms with Crippen molar-refractivity contribution in [3.63, 3.8) is 0 Å². The Balaban J connectivity index is 2.69. The minimum absolute atomic E-state index is 0.622. The normalized spacial score (nSPS) is 10.4. The average Bonchev–Trinajstić information content (AvgIpc) is 2.32. The van der Waals surface area contributed by atoms with Crippen molar-refractivity contribution >= 4 is 22.2 Å². The summed E-state index contributed by atoms with van der Waals surface area (Å²) < 4.78 is 2.94. The summed E-state index contributed by atoms with van der Waals surface area (Å²) in [5, 5.41) is 4.27. The van der Waals surface area contributed by atoms with Gasteiger partial charge in [0.15, 0.2) is 0 Å². The molecule has 0 aliphatic heterocycles. The Morgan fingerprint density at radius 3 is 2.77 bits per heavy atom. The standard InChI is InChI=1S/C9H13BrN2O/c1-7-9(10)8(12(2)11-7)5-3-4-6-13/h6H,3-5H2,1-2H3. The van der Waals surface area contributed by atoms with E-state index in [4.69, 9.17) is 0 Å². The van der Waals surface area contributed by atoms with Crippen LogP contribution in [0.2, 0.25) is 0 Å². The first-order valence-electron chi connectivity index (χ1n) is 4.28. The predicted molar refractivity (Wildman–Crippen MR) is 54.6 cm³/mol. The molecular formula is C9H13BrN2O. The van der Waals surface area contributed by atoms with Gasteiger partial charge in [0.05, 0.1) is 15.9 Å². The zero-order valence-corrected chi connectivity index (χ0v) is 9.47. The Kier molecular flexibility index (Phi) is 3.66. The first-order chi connectivity index (χ1) is 6.16. The van der Waals surface area contributed by atoms with Crippen molar-refractivity contribution < 1.29 is 4.79 Å². The van der Waals surface area contributed by atoms with Crippen LogP contribution < -0.4 is 0 Å². The summed E-state index contributed by atoms with van der Waals surface area (Å²) in [6, 6.07) is 0. The third-order valence-corrected chi connectivity index (χ3v) is 3.03. The molecule has 4 heteroatoms. The van der Waals surface area contributed by atoms with Gasteiger partial charge in [0.2, 0.25) is 0 Å². The van der Waals surface area contributed by atoms with Gasteiger partial charge in [-0.2, -0.15) is 5.10 Å². The van der Waals surface area contributed by atoms with Crippen LogP contribution in [0.4, 0.5) is 0 Å². The minimum atomic E-state index is 0.622. The number of carbonyl (C=O) groups is 1. The van der Waals surface area contributed by atoms with Crippen LogP contribution in [-0.2, 0) is 18.3 Å². The minimum Gasteiger partial charge on any atom is -0.303 e. The van der Waals surface area contributed by atoms with Crippen LogP contribution in [-0.4, -0.2) is 16.1 Å². The van der Waals surface area contributed by atoms with Gasteiger partial charge in [-0.05, 0) is 35.7 Å². The smallest absolute Gasteiger partial charge is 0.120 e. The molecule has 1 aromatic heterocycles. The van der Waals surface area contributed by atoms with Crippen LogP contribution in [0.15, 0.2) is 4.47 Å². The number of hydrogen-bond acceptors (Lipinski definition) is 2. The van der Waals surface area contributed by atoms with Gasteiger partial charge >= 0.3 is 0 Å². The second-order valence-corrected chi connectivity index (χ2v) is 3.82. The highest BCUT2D eigenvalue weighted by atomic mass is 79.9. The van der Waals surface area contributed by atoms with E-state index in [2.05, 4.69) is 21.0 Å². The Morgan fingerprint density at radius 2 is 2.31 bits per heavy atom. The third-order valence-electron chi connectivity index (χ3n) is 2.00. The number of hydrogen-bond donors (Lipinski definition) is 0. The van der Waals surface area contributed by atoms with E-state index in [1.165, 1.54) is 5.69 Å². The molecule has 0 radical (unpaired) electrons. The number of carbonyl (C=O) groups excluding carboxylic acids is 1. The molecule has 72 valence electrons. The molecule has 1 aromatic rings. The molecule has 0 saturated heterocycles. The average molecular weight is 245 g/mol. The van der Waals surface area contributed by atoms with E-state index in [1.807, 2.05) is 18.7 Å². The molecule has 0 aromatic carbocycles. The molecule has 0 spiro atoms. The number of aldehydes is 1. The van der Waals surface area contributed by atoms with Crippen molar-refractivity contribution in [3.8, 4) is 0 Å². The van der Waals surface area contributed by atoms with Crippen molar-refractivity contribution in [2.45, 2.75) is 26.2 Å². The maximum Gasteiger partial charge on any atom is 0.120 e. The number of unbranched alkanes of at least 4 members (excludes halogenated alkanes) is 1. The second kappa shape index (κ2) is 4.56. The fourth-order valence-electron chi connectivity index (χ4n) is 1.30. The van der Waals surface area contributed by atoms with Crippen molar-refractivity contribution in [3.05, 3.63) is 15.9 Å². The molecule has 1 rings (SSSR count). The summed E-state index contributed by atoms with van der Waals surface area (Å²) in [4.78, 5) is 10.1. The van der Waals surface area contributed by atoms with E-state index in [9.17, 15) is 4.79 Å². The molecule has 0 aliphatic rings. The molecule has 0 amide bonds. The summed E-state index contributed by atoms with van der Waals surface area (Å²) >= 11 is 3.48. The third kappa shape index (κ3) is 2.40. The van der Waals surface area contributed by atoms with Gasteiger partial charge in [0, 0.05) is 13.5 Å². The first-order valence-corrected chi connectivity index (χ1v) is 5.07. The van der Waals surface area contributed by atoms with E-state index < -0.39 is 0 Å². The van der Waals surface area contributed by atoms with Crippen LogP contribution in [0.25, 0.3) is 0 Å². The monoisotopic (exact) mass is 244 g/mol. The topological polar surface area (TPSA) is 34.9 Å². The van der Waals surface area contributed by atoms with Gasteiger partial charge < -0.3 is 4.79 Å². The maximum atomic E-state index is 10.1. The fraction of sp³-hybridized carbons (Fsp3) is 0.556. The lowest BCUT2D eigenvalue weighted by Gasteiger charge is -2.00. The van der Waals surface area contributed by atoms with E-state index in [0.717, 1.165) is 29.3 Å². The molecule has 1 heterocycles. The summed E-state index contributed by atoms with van der Waals surface area (Å²) in [7, 11) is 1.92. The molecule has 0 bridgehead atoms. The molecule has 0 fully saturated rings. The number of rotatable bonds is 4.